The Morgan fingerprint density at radius 2 is 2.24 bits per heavy atom. The average Bonchev–Trinajstić information content (AvgIpc) is 2.77. The van der Waals surface area contributed by atoms with Crippen molar-refractivity contribution in [1.82, 2.24) is 15.2 Å². The standard InChI is InChI=1S/C13H23N3S/c1-3-14-8-12-10-17-13(15-12)9-16-6-4-11(2)5-7-16/h10-11,14H,3-9H2,1-2H3. The normalized spacial score (nSPS) is 18.7. The van der Waals surface area contributed by atoms with E-state index in [0.29, 0.717) is 0 Å². The summed E-state index contributed by atoms with van der Waals surface area (Å²) >= 11 is 1.80. The second-order valence-corrected chi connectivity index (χ2v) is 5.91. The Kier molecular flexibility index (Phi) is 4.95. The van der Waals surface area contributed by atoms with Crippen molar-refractivity contribution in [3.05, 3.63) is 16.1 Å². The number of rotatable bonds is 5. The maximum atomic E-state index is 4.68. The first kappa shape index (κ1) is 13.0. The fourth-order valence-electron chi connectivity index (χ4n) is 2.17. The molecule has 96 valence electrons. The van der Waals surface area contributed by atoms with Gasteiger partial charge in [0.1, 0.15) is 5.01 Å². The highest BCUT2D eigenvalue weighted by molar-refractivity contribution is 7.09. The van der Waals surface area contributed by atoms with Crippen LogP contribution < -0.4 is 5.32 Å². The van der Waals surface area contributed by atoms with Crippen LogP contribution in [-0.4, -0.2) is 29.5 Å². The molecule has 0 aliphatic carbocycles. The number of thiazole rings is 1. The SMILES string of the molecule is CCNCc1csc(CN2CCC(C)CC2)n1. The molecule has 0 saturated carbocycles. The van der Waals surface area contributed by atoms with Gasteiger partial charge in [-0.25, -0.2) is 4.98 Å². The molecule has 0 bridgehead atoms. The van der Waals surface area contributed by atoms with Gasteiger partial charge in [0.2, 0.25) is 0 Å². The maximum absolute atomic E-state index is 4.68. The van der Waals surface area contributed by atoms with Crippen LogP contribution in [0.5, 0.6) is 0 Å². The summed E-state index contributed by atoms with van der Waals surface area (Å²) in [6.07, 6.45) is 2.69. The van der Waals surface area contributed by atoms with Crippen LogP contribution in [0.2, 0.25) is 0 Å². The van der Waals surface area contributed by atoms with Gasteiger partial charge in [0.05, 0.1) is 12.2 Å². The predicted octanol–water partition coefficient (Wildman–Crippen LogP) is 2.48. The van der Waals surface area contributed by atoms with Crippen molar-refractivity contribution in [1.29, 1.82) is 0 Å². The number of likely N-dealkylation sites (tertiary alicyclic amines) is 1. The van der Waals surface area contributed by atoms with E-state index in [2.05, 4.69) is 34.4 Å². The molecule has 0 radical (unpaired) electrons. The van der Waals surface area contributed by atoms with E-state index in [9.17, 15) is 0 Å². The maximum Gasteiger partial charge on any atom is 0.107 e. The molecule has 0 atom stereocenters. The average molecular weight is 253 g/mol. The second kappa shape index (κ2) is 6.47. The Morgan fingerprint density at radius 3 is 2.94 bits per heavy atom. The van der Waals surface area contributed by atoms with Gasteiger partial charge < -0.3 is 5.32 Å². The minimum absolute atomic E-state index is 0.907. The molecule has 1 aliphatic rings. The first-order chi connectivity index (χ1) is 8.28. The smallest absolute Gasteiger partial charge is 0.107 e. The minimum Gasteiger partial charge on any atom is -0.311 e. The zero-order valence-electron chi connectivity index (χ0n) is 10.9. The number of hydrogen-bond acceptors (Lipinski definition) is 4. The molecular formula is C13H23N3S. The summed E-state index contributed by atoms with van der Waals surface area (Å²) in [6.45, 7) is 9.93. The van der Waals surface area contributed by atoms with Gasteiger partial charge in [-0.2, -0.15) is 0 Å². The van der Waals surface area contributed by atoms with Gasteiger partial charge in [0.15, 0.2) is 0 Å². The number of aromatic nitrogens is 1. The van der Waals surface area contributed by atoms with Gasteiger partial charge >= 0.3 is 0 Å². The molecule has 0 aromatic carbocycles. The molecule has 1 saturated heterocycles. The van der Waals surface area contributed by atoms with E-state index in [0.717, 1.165) is 25.6 Å². The molecule has 1 aliphatic heterocycles. The molecule has 1 fully saturated rings. The highest BCUT2D eigenvalue weighted by Gasteiger charge is 2.16. The first-order valence-corrected chi connectivity index (χ1v) is 7.52. The number of hydrogen-bond donors (Lipinski definition) is 1. The Balaban J connectivity index is 1.80. The molecule has 3 nitrogen and oxygen atoms in total. The van der Waals surface area contributed by atoms with Crippen molar-refractivity contribution in [3.8, 4) is 0 Å². The summed E-state index contributed by atoms with van der Waals surface area (Å²) in [5, 5.41) is 6.77. The first-order valence-electron chi connectivity index (χ1n) is 6.64. The molecule has 0 unspecified atom stereocenters. The lowest BCUT2D eigenvalue weighted by atomic mass is 9.99. The summed E-state index contributed by atoms with van der Waals surface area (Å²) in [5.41, 5.74) is 1.19. The van der Waals surface area contributed by atoms with Gasteiger partial charge in [-0.05, 0) is 38.4 Å². The highest BCUT2D eigenvalue weighted by atomic mass is 32.1. The fraction of sp³-hybridized carbons (Fsp3) is 0.769. The van der Waals surface area contributed by atoms with Crippen LogP contribution in [0.15, 0.2) is 5.38 Å². The topological polar surface area (TPSA) is 28.2 Å². The van der Waals surface area contributed by atoms with Gasteiger partial charge in [0, 0.05) is 11.9 Å². The molecule has 2 rings (SSSR count). The van der Waals surface area contributed by atoms with E-state index in [-0.39, 0.29) is 0 Å². The quantitative estimate of drug-likeness (QED) is 0.874. The van der Waals surface area contributed by atoms with E-state index >= 15 is 0 Å². The third-order valence-corrected chi connectivity index (χ3v) is 4.27. The lowest BCUT2D eigenvalue weighted by Crippen LogP contribution is -2.32. The van der Waals surface area contributed by atoms with E-state index in [1.165, 1.54) is 36.6 Å². The molecular weight excluding hydrogens is 230 g/mol. The zero-order valence-corrected chi connectivity index (χ0v) is 11.7. The Bertz CT molecular complexity index is 329. The summed E-state index contributed by atoms with van der Waals surface area (Å²) in [6, 6.07) is 0. The van der Waals surface area contributed by atoms with Gasteiger partial charge in [-0.3, -0.25) is 4.90 Å². The monoisotopic (exact) mass is 253 g/mol. The second-order valence-electron chi connectivity index (χ2n) is 4.97. The van der Waals surface area contributed by atoms with Crippen molar-refractivity contribution in [2.24, 2.45) is 5.92 Å². The third-order valence-electron chi connectivity index (χ3n) is 3.39. The zero-order chi connectivity index (χ0) is 12.1. The van der Waals surface area contributed by atoms with Crippen molar-refractivity contribution >= 4 is 11.3 Å². The van der Waals surface area contributed by atoms with Crippen LogP contribution in [0.3, 0.4) is 0 Å². The summed E-state index contributed by atoms with van der Waals surface area (Å²) in [5.74, 6) is 0.909. The van der Waals surface area contributed by atoms with Crippen LogP contribution in [0.1, 0.15) is 37.4 Å². The number of piperidine rings is 1. The molecule has 2 heterocycles. The molecule has 4 heteroatoms. The number of nitrogens with one attached hydrogen (secondary N) is 1. The fourth-order valence-corrected chi connectivity index (χ4v) is 3.00. The van der Waals surface area contributed by atoms with E-state index in [1.54, 1.807) is 11.3 Å². The Labute approximate surface area is 108 Å². The predicted molar refractivity (Wildman–Crippen MR) is 73.2 cm³/mol. The lowest BCUT2D eigenvalue weighted by Gasteiger charge is -2.29. The summed E-state index contributed by atoms with van der Waals surface area (Å²) in [4.78, 5) is 7.21. The Morgan fingerprint density at radius 1 is 1.47 bits per heavy atom. The molecule has 1 aromatic rings. The van der Waals surface area contributed by atoms with Gasteiger partial charge in [-0.15, -0.1) is 11.3 Å². The van der Waals surface area contributed by atoms with Crippen molar-refractivity contribution in [3.63, 3.8) is 0 Å². The lowest BCUT2D eigenvalue weighted by molar-refractivity contribution is 0.185. The molecule has 1 N–H and O–H groups in total. The molecule has 0 spiro atoms. The van der Waals surface area contributed by atoms with Crippen molar-refractivity contribution < 1.29 is 0 Å². The van der Waals surface area contributed by atoms with Gasteiger partial charge in [0.25, 0.3) is 0 Å². The van der Waals surface area contributed by atoms with E-state index in [1.807, 2.05) is 0 Å². The third kappa shape index (κ3) is 4.05. The molecule has 1 aromatic heterocycles. The van der Waals surface area contributed by atoms with Crippen LogP contribution in [-0.2, 0) is 13.1 Å². The van der Waals surface area contributed by atoms with E-state index < -0.39 is 0 Å². The Hall–Kier alpha value is -0.450. The van der Waals surface area contributed by atoms with Crippen LogP contribution in [0.25, 0.3) is 0 Å². The summed E-state index contributed by atoms with van der Waals surface area (Å²) < 4.78 is 0. The largest absolute Gasteiger partial charge is 0.311 e. The van der Waals surface area contributed by atoms with Crippen LogP contribution in [0, 0.1) is 5.92 Å². The van der Waals surface area contributed by atoms with Crippen molar-refractivity contribution in [2.75, 3.05) is 19.6 Å². The van der Waals surface area contributed by atoms with Gasteiger partial charge in [-0.1, -0.05) is 13.8 Å². The molecule has 17 heavy (non-hydrogen) atoms. The highest BCUT2D eigenvalue weighted by Crippen LogP contribution is 2.19. The van der Waals surface area contributed by atoms with E-state index in [4.69, 9.17) is 0 Å². The van der Waals surface area contributed by atoms with Crippen LogP contribution >= 0.6 is 11.3 Å². The number of nitrogens with zero attached hydrogens (tertiary/aromatic N) is 2. The summed E-state index contributed by atoms with van der Waals surface area (Å²) in [7, 11) is 0. The minimum atomic E-state index is 0.907. The van der Waals surface area contributed by atoms with Crippen molar-refractivity contribution in [2.45, 2.75) is 39.8 Å². The molecule has 0 amide bonds. The van der Waals surface area contributed by atoms with Crippen LogP contribution in [0.4, 0.5) is 0 Å².